The van der Waals surface area contributed by atoms with Crippen LogP contribution in [0.2, 0.25) is 0 Å². The first-order valence-corrected chi connectivity index (χ1v) is 12.7. The second-order valence-electron chi connectivity index (χ2n) is 11.7. The number of rotatable bonds is 7. The summed E-state index contributed by atoms with van der Waals surface area (Å²) in [5, 5.41) is 25.1. The molecule has 0 aliphatic heterocycles. The highest BCUT2D eigenvalue weighted by Gasteiger charge is 2.59. The number of nitrogens with one attached hydrogen (secondary N) is 2. The third-order valence-electron chi connectivity index (χ3n) is 10.00. The van der Waals surface area contributed by atoms with Crippen LogP contribution in [0.1, 0.15) is 90.9 Å². The molecule has 0 heterocycles. The first-order chi connectivity index (χ1) is 14.8. The van der Waals surface area contributed by atoms with Gasteiger partial charge < -0.3 is 21.0 Å². The van der Waals surface area contributed by atoms with Gasteiger partial charge in [0.2, 0.25) is 0 Å². The Morgan fingerprint density at radius 2 is 2.00 bits per heavy atom. The van der Waals surface area contributed by atoms with Gasteiger partial charge in [-0.2, -0.15) is 0 Å². The average molecular weight is 433 g/mol. The average Bonchev–Trinajstić information content (AvgIpc) is 3.12. The summed E-state index contributed by atoms with van der Waals surface area (Å²) in [6, 6.07) is 0. The molecule has 4 aliphatic rings. The predicted octanol–water partition coefficient (Wildman–Crippen LogP) is 4.42. The molecule has 4 saturated carbocycles. The summed E-state index contributed by atoms with van der Waals surface area (Å²) in [6.45, 7) is 6.01. The highest BCUT2D eigenvalue weighted by Crippen LogP contribution is 2.67. The van der Waals surface area contributed by atoms with Gasteiger partial charge in [0.25, 0.3) is 0 Å². The number of nitrogens with two attached hydrogens (primary N) is 1. The molecule has 0 amide bonds. The summed E-state index contributed by atoms with van der Waals surface area (Å²) in [5.41, 5.74) is 5.74. The van der Waals surface area contributed by atoms with Crippen molar-refractivity contribution in [3.05, 3.63) is 0 Å². The maximum absolute atomic E-state index is 11.4. The van der Waals surface area contributed by atoms with Gasteiger partial charge in [-0.05, 0) is 105 Å². The zero-order valence-corrected chi connectivity index (χ0v) is 19.7. The highest BCUT2D eigenvalue weighted by atomic mass is 16.6. The molecular formula is C25H44N4O2. The Kier molecular flexibility index (Phi) is 6.58. The van der Waals surface area contributed by atoms with Crippen LogP contribution in [0.5, 0.6) is 0 Å². The Morgan fingerprint density at radius 1 is 1.16 bits per heavy atom. The van der Waals surface area contributed by atoms with E-state index in [0.29, 0.717) is 29.9 Å². The van der Waals surface area contributed by atoms with Crippen LogP contribution in [0.3, 0.4) is 0 Å². The third kappa shape index (κ3) is 4.60. The fraction of sp³-hybridized carbons (Fsp3) is 0.920. The molecule has 0 radical (unpaired) electrons. The maximum Gasteiger partial charge on any atom is 0.185 e. The lowest BCUT2D eigenvalue weighted by Gasteiger charge is -2.61. The highest BCUT2D eigenvalue weighted by molar-refractivity contribution is 5.74. The molecule has 5 N–H and O–H groups in total. The second-order valence-corrected chi connectivity index (χ2v) is 11.7. The van der Waals surface area contributed by atoms with Crippen LogP contribution in [-0.2, 0) is 4.84 Å². The molecule has 0 unspecified atom stereocenters. The molecule has 4 aliphatic carbocycles. The lowest BCUT2D eigenvalue weighted by atomic mass is 9.44. The fourth-order valence-electron chi connectivity index (χ4n) is 8.27. The molecule has 6 nitrogen and oxygen atoms in total. The van der Waals surface area contributed by atoms with Crippen molar-refractivity contribution < 1.29 is 9.94 Å². The summed E-state index contributed by atoms with van der Waals surface area (Å²) in [6.07, 6.45) is 16.3. The van der Waals surface area contributed by atoms with E-state index in [1.807, 2.05) is 0 Å². The van der Waals surface area contributed by atoms with Crippen LogP contribution < -0.4 is 11.1 Å². The standard InChI is InChI=1S/C25H44N4O2/c1-23-9-3-5-20(23)19-7-6-18-17-25(30,13-12-24(18,2)21(19)8-11-23)10-4-14-29-31-16-15-28-22(26)27/h14,18-21,30H,3-13,15-17H2,1-2H3,(H4,26,27,28)/t18-,19+,20+,21+,23+,24+,25+/m1/s1. The van der Waals surface area contributed by atoms with Crippen molar-refractivity contribution in [2.75, 3.05) is 13.2 Å². The second kappa shape index (κ2) is 8.92. The zero-order chi connectivity index (χ0) is 22.1. The molecule has 0 aromatic heterocycles. The maximum atomic E-state index is 11.4. The number of aliphatic hydroxyl groups is 1. The molecule has 6 heteroatoms. The van der Waals surface area contributed by atoms with E-state index in [1.165, 1.54) is 51.4 Å². The van der Waals surface area contributed by atoms with Crippen molar-refractivity contribution in [3.63, 3.8) is 0 Å². The number of nitrogens with zero attached hydrogens (tertiary/aromatic N) is 1. The minimum atomic E-state index is -0.546. The molecule has 0 aromatic carbocycles. The van der Waals surface area contributed by atoms with Crippen LogP contribution in [0.4, 0.5) is 0 Å². The summed E-state index contributed by atoms with van der Waals surface area (Å²) in [7, 11) is 0. The Labute approximate surface area is 188 Å². The fourth-order valence-corrected chi connectivity index (χ4v) is 8.27. The van der Waals surface area contributed by atoms with Gasteiger partial charge in [0, 0.05) is 6.21 Å². The van der Waals surface area contributed by atoms with E-state index < -0.39 is 5.60 Å². The van der Waals surface area contributed by atoms with Gasteiger partial charge in [-0.3, -0.25) is 5.41 Å². The van der Waals surface area contributed by atoms with Gasteiger partial charge in [0.05, 0.1) is 12.1 Å². The van der Waals surface area contributed by atoms with Crippen LogP contribution in [-0.4, -0.2) is 36.0 Å². The van der Waals surface area contributed by atoms with Gasteiger partial charge in [-0.1, -0.05) is 25.4 Å². The van der Waals surface area contributed by atoms with Crippen LogP contribution >= 0.6 is 0 Å². The minimum absolute atomic E-state index is 0.0568. The summed E-state index contributed by atoms with van der Waals surface area (Å²) >= 11 is 0. The van der Waals surface area contributed by atoms with E-state index >= 15 is 0 Å². The molecule has 0 bridgehead atoms. The molecule has 0 aromatic rings. The Morgan fingerprint density at radius 3 is 2.81 bits per heavy atom. The third-order valence-corrected chi connectivity index (χ3v) is 10.00. The zero-order valence-electron chi connectivity index (χ0n) is 19.7. The van der Waals surface area contributed by atoms with Gasteiger partial charge in [-0.25, -0.2) is 0 Å². The first-order valence-electron chi connectivity index (χ1n) is 12.7. The summed E-state index contributed by atoms with van der Waals surface area (Å²) in [4.78, 5) is 5.18. The van der Waals surface area contributed by atoms with Crippen molar-refractivity contribution in [1.82, 2.24) is 5.32 Å². The largest absolute Gasteiger partial charge is 0.394 e. The quantitative estimate of drug-likeness (QED) is 0.207. The van der Waals surface area contributed by atoms with E-state index in [-0.39, 0.29) is 5.96 Å². The van der Waals surface area contributed by atoms with Gasteiger partial charge >= 0.3 is 0 Å². The smallest absolute Gasteiger partial charge is 0.185 e. The monoisotopic (exact) mass is 432 g/mol. The lowest BCUT2D eigenvalue weighted by molar-refractivity contribution is -0.148. The molecule has 31 heavy (non-hydrogen) atoms. The number of guanidine groups is 1. The van der Waals surface area contributed by atoms with E-state index in [9.17, 15) is 5.11 Å². The molecule has 7 atom stereocenters. The van der Waals surface area contributed by atoms with E-state index in [4.69, 9.17) is 16.0 Å². The number of hydrogen-bond acceptors (Lipinski definition) is 4. The molecule has 0 spiro atoms. The number of hydrogen-bond donors (Lipinski definition) is 4. The molecule has 4 rings (SSSR count). The van der Waals surface area contributed by atoms with E-state index in [2.05, 4.69) is 24.3 Å². The molecule has 4 fully saturated rings. The Bertz CT molecular complexity index is 684. The van der Waals surface area contributed by atoms with Crippen molar-refractivity contribution in [3.8, 4) is 0 Å². The normalized spacial score (nSPS) is 44.4. The SMILES string of the molecule is C[C@@]12CCC[C@H]1[C@@H]1CC[C@@H]3C[C@](O)(CCC=NOCCNC(=N)N)CC[C@]3(C)[C@H]1CC2. The van der Waals surface area contributed by atoms with Crippen LogP contribution in [0.25, 0.3) is 0 Å². The molecular weight excluding hydrogens is 388 g/mol. The first kappa shape index (κ1) is 22.9. The van der Waals surface area contributed by atoms with Crippen molar-refractivity contribution in [2.45, 2.75) is 96.5 Å². The van der Waals surface area contributed by atoms with Gasteiger partial charge in [0.1, 0.15) is 6.61 Å². The van der Waals surface area contributed by atoms with Gasteiger partial charge in [0.15, 0.2) is 5.96 Å². The molecule has 176 valence electrons. The minimum Gasteiger partial charge on any atom is -0.394 e. The summed E-state index contributed by atoms with van der Waals surface area (Å²) in [5.74, 6) is 3.40. The topological polar surface area (TPSA) is 104 Å². The Balaban J connectivity index is 1.28. The van der Waals surface area contributed by atoms with E-state index in [0.717, 1.165) is 43.4 Å². The summed E-state index contributed by atoms with van der Waals surface area (Å²) < 4.78 is 0. The van der Waals surface area contributed by atoms with Crippen molar-refractivity contribution in [1.29, 1.82) is 5.41 Å². The van der Waals surface area contributed by atoms with Crippen LogP contribution in [0, 0.1) is 39.9 Å². The van der Waals surface area contributed by atoms with Crippen LogP contribution in [0.15, 0.2) is 5.16 Å². The lowest BCUT2D eigenvalue weighted by Crippen LogP contribution is -2.55. The predicted molar refractivity (Wildman–Crippen MR) is 125 cm³/mol. The van der Waals surface area contributed by atoms with Crippen molar-refractivity contribution in [2.24, 2.45) is 45.4 Å². The molecule has 0 saturated heterocycles. The Hall–Kier alpha value is -1.30. The number of fused-ring (bicyclic) bond motifs is 5. The van der Waals surface area contributed by atoms with Gasteiger partial charge in [-0.15, -0.1) is 0 Å². The van der Waals surface area contributed by atoms with E-state index in [1.54, 1.807) is 6.21 Å². The van der Waals surface area contributed by atoms with Crippen molar-refractivity contribution >= 4 is 12.2 Å². The number of oxime groups is 1.